The molecule has 1 aromatic rings. The second-order valence-electron chi connectivity index (χ2n) is 5.62. The lowest BCUT2D eigenvalue weighted by Crippen LogP contribution is -2.46. The first-order chi connectivity index (χ1) is 10.6. The predicted octanol–water partition coefficient (Wildman–Crippen LogP) is 1.75. The van der Waals surface area contributed by atoms with Gasteiger partial charge in [-0.2, -0.15) is 0 Å². The number of likely N-dealkylation sites (N-methyl/N-ethyl adjacent to an activating group) is 1. The second-order valence-corrected chi connectivity index (χ2v) is 5.62. The normalized spacial score (nSPS) is 16.6. The van der Waals surface area contributed by atoms with Gasteiger partial charge in [0.05, 0.1) is 6.54 Å². The van der Waals surface area contributed by atoms with E-state index in [-0.39, 0.29) is 36.9 Å². The number of nitrogens with zero attached hydrogens (tertiary/aromatic N) is 1. The van der Waals surface area contributed by atoms with Gasteiger partial charge in [0.25, 0.3) is 0 Å². The number of hydrogen-bond donors (Lipinski definition) is 3. The van der Waals surface area contributed by atoms with Gasteiger partial charge in [0.2, 0.25) is 5.91 Å². The molecule has 3 N–H and O–H groups in total. The van der Waals surface area contributed by atoms with E-state index in [2.05, 4.69) is 16.0 Å². The molecule has 128 valence electrons. The molecule has 1 heterocycles. The van der Waals surface area contributed by atoms with Crippen LogP contribution in [0.25, 0.3) is 0 Å². The molecular formula is C16H25ClN4O2. The van der Waals surface area contributed by atoms with E-state index in [0.29, 0.717) is 0 Å². The molecule has 0 aromatic heterocycles. The molecule has 2 rings (SSSR count). The molecule has 1 saturated heterocycles. The van der Waals surface area contributed by atoms with E-state index in [0.717, 1.165) is 37.2 Å². The molecule has 0 radical (unpaired) electrons. The van der Waals surface area contributed by atoms with E-state index in [4.69, 9.17) is 0 Å². The summed E-state index contributed by atoms with van der Waals surface area (Å²) in [5, 5.41) is 8.46. The van der Waals surface area contributed by atoms with Gasteiger partial charge in [-0.3, -0.25) is 4.79 Å². The fraction of sp³-hybridized carbons (Fsp3) is 0.500. The largest absolute Gasteiger partial charge is 0.337 e. The molecule has 0 spiro atoms. The molecule has 0 bridgehead atoms. The number of urea groups is 1. The maximum absolute atomic E-state index is 12.2. The minimum absolute atomic E-state index is 0. The smallest absolute Gasteiger partial charge is 0.319 e. The van der Waals surface area contributed by atoms with Crippen LogP contribution in [0, 0.1) is 6.92 Å². The van der Waals surface area contributed by atoms with Gasteiger partial charge in [-0.05, 0) is 44.5 Å². The van der Waals surface area contributed by atoms with Crippen LogP contribution >= 0.6 is 12.4 Å². The number of likely N-dealkylation sites (tertiary alicyclic amines) is 1. The molecule has 1 aliphatic heterocycles. The molecule has 0 aliphatic carbocycles. The molecule has 23 heavy (non-hydrogen) atoms. The lowest BCUT2D eigenvalue weighted by atomic mass is 10.2. The molecular weight excluding hydrogens is 316 g/mol. The molecule has 6 nitrogen and oxygen atoms in total. The third-order valence-electron chi connectivity index (χ3n) is 3.81. The Morgan fingerprint density at radius 2 is 2.13 bits per heavy atom. The number of aryl methyl sites for hydroxylation is 1. The van der Waals surface area contributed by atoms with Crippen molar-refractivity contribution in [3.63, 3.8) is 0 Å². The Hall–Kier alpha value is -1.79. The van der Waals surface area contributed by atoms with E-state index < -0.39 is 0 Å². The number of benzene rings is 1. The van der Waals surface area contributed by atoms with Crippen LogP contribution in [0.1, 0.15) is 18.4 Å². The average molecular weight is 341 g/mol. The average Bonchev–Trinajstić information content (AvgIpc) is 2.93. The van der Waals surface area contributed by atoms with Crippen molar-refractivity contribution >= 4 is 30.0 Å². The van der Waals surface area contributed by atoms with Crippen molar-refractivity contribution in [3.05, 3.63) is 29.8 Å². The van der Waals surface area contributed by atoms with Gasteiger partial charge in [-0.25, -0.2) is 4.79 Å². The van der Waals surface area contributed by atoms with Crippen molar-refractivity contribution in [1.29, 1.82) is 0 Å². The van der Waals surface area contributed by atoms with Gasteiger partial charge in [0.1, 0.15) is 0 Å². The molecule has 1 aromatic carbocycles. The highest BCUT2D eigenvalue weighted by molar-refractivity contribution is 5.92. The van der Waals surface area contributed by atoms with Gasteiger partial charge in [0, 0.05) is 24.8 Å². The van der Waals surface area contributed by atoms with Crippen molar-refractivity contribution in [1.82, 2.24) is 15.5 Å². The van der Waals surface area contributed by atoms with Gasteiger partial charge in [0.15, 0.2) is 0 Å². The molecule has 3 amide bonds. The van der Waals surface area contributed by atoms with Gasteiger partial charge in [-0.1, -0.05) is 12.1 Å². The third kappa shape index (κ3) is 5.73. The van der Waals surface area contributed by atoms with Crippen LogP contribution in [0.3, 0.4) is 0 Å². The zero-order valence-corrected chi connectivity index (χ0v) is 14.4. The summed E-state index contributed by atoms with van der Waals surface area (Å²) >= 11 is 0. The fourth-order valence-corrected chi connectivity index (χ4v) is 2.77. The third-order valence-corrected chi connectivity index (χ3v) is 3.81. The number of hydrogen-bond acceptors (Lipinski definition) is 3. The minimum atomic E-state index is -0.358. The van der Waals surface area contributed by atoms with Crippen LogP contribution in [0.4, 0.5) is 10.5 Å². The number of halogens is 1. The maximum atomic E-state index is 12.2. The molecule has 0 saturated carbocycles. The fourth-order valence-electron chi connectivity index (χ4n) is 2.77. The number of carbonyl (C=O) groups is 2. The van der Waals surface area contributed by atoms with E-state index in [1.165, 1.54) is 0 Å². The monoisotopic (exact) mass is 340 g/mol. The molecule has 7 heteroatoms. The van der Waals surface area contributed by atoms with Crippen LogP contribution in [0.5, 0.6) is 0 Å². The quantitative estimate of drug-likeness (QED) is 0.764. The van der Waals surface area contributed by atoms with Gasteiger partial charge >= 0.3 is 6.03 Å². The number of nitrogens with one attached hydrogen (secondary N) is 3. The summed E-state index contributed by atoms with van der Waals surface area (Å²) in [4.78, 5) is 25.9. The number of carbonyl (C=O) groups excluding carboxylic acids is 2. The van der Waals surface area contributed by atoms with Crippen LogP contribution in [-0.4, -0.2) is 49.6 Å². The first-order valence-corrected chi connectivity index (χ1v) is 7.65. The van der Waals surface area contributed by atoms with E-state index in [9.17, 15) is 9.59 Å². The summed E-state index contributed by atoms with van der Waals surface area (Å²) < 4.78 is 0. The molecule has 1 aliphatic rings. The Balaban J connectivity index is 0.00000264. The summed E-state index contributed by atoms with van der Waals surface area (Å²) in [6.07, 6.45) is 2.04. The standard InChI is InChI=1S/C16H24N4O2.ClH/c1-12-5-3-6-13(9-12)19-16(22)18-11-15(21)20-8-4-7-14(20)10-17-2;/h3,5-6,9,14,17H,4,7-8,10-11H2,1-2H3,(H2,18,19,22);1H. The van der Waals surface area contributed by atoms with Crippen molar-refractivity contribution in [2.45, 2.75) is 25.8 Å². The highest BCUT2D eigenvalue weighted by Gasteiger charge is 2.27. The Kier molecular flexibility index (Phi) is 7.85. The van der Waals surface area contributed by atoms with Crippen LogP contribution in [0.2, 0.25) is 0 Å². The highest BCUT2D eigenvalue weighted by Crippen LogP contribution is 2.16. The Bertz CT molecular complexity index is 539. The predicted molar refractivity (Wildman–Crippen MR) is 94.1 cm³/mol. The molecule has 1 atom stereocenters. The number of amides is 3. The van der Waals surface area contributed by atoms with Gasteiger partial charge < -0.3 is 20.9 Å². The van der Waals surface area contributed by atoms with E-state index in [1.807, 2.05) is 43.1 Å². The van der Waals surface area contributed by atoms with Crippen molar-refractivity contribution in [2.75, 3.05) is 32.0 Å². The first-order valence-electron chi connectivity index (χ1n) is 7.65. The zero-order chi connectivity index (χ0) is 15.9. The van der Waals surface area contributed by atoms with E-state index >= 15 is 0 Å². The number of rotatable bonds is 5. The van der Waals surface area contributed by atoms with Crippen molar-refractivity contribution in [3.8, 4) is 0 Å². The minimum Gasteiger partial charge on any atom is -0.337 e. The topological polar surface area (TPSA) is 73.5 Å². The van der Waals surface area contributed by atoms with Crippen LogP contribution in [-0.2, 0) is 4.79 Å². The van der Waals surface area contributed by atoms with E-state index in [1.54, 1.807) is 0 Å². The summed E-state index contributed by atoms with van der Waals surface area (Å²) in [5.41, 5.74) is 1.79. The Morgan fingerprint density at radius 1 is 1.35 bits per heavy atom. The summed E-state index contributed by atoms with van der Waals surface area (Å²) in [7, 11) is 1.88. The Morgan fingerprint density at radius 3 is 2.83 bits per heavy atom. The van der Waals surface area contributed by atoms with Crippen LogP contribution < -0.4 is 16.0 Å². The molecule has 1 unspecified atom stereocenters. The van der Waals surface area contributed by atoms with Crippen LogP contribution in [0.15, 0.2) is 24.3 Å². The zero-order valence-electron chi connectivity index (χ0n) is 13.6. The lowest BCUT2D eigenvalue weighted by molar-refractivity contribution is -0.130. The highest BCUT2D eigenvalue weighted by atomic mass is 35.5. The summed E-state index contributed by atoms with van der Waals surface area (Å²) in [5.74, 6) is -0.0304. The first kappa shape index (κ1) is 19.3. The summed E-state index contributed by atoms with van der Waals surface area (Å²) in [6.45, 7) is 3.55. The SMILES string of the molecule is CNCC1CCCN1C(=O)CNC(=O)Nc1cccc(C)c1.Cl. The molecule has 1 fully saturated rings. The van der Waals surface area contributed by atoms with Gasteiger partial charge in [-0.15, -0.1) is 12.4 Å². The second kappa shape index (κ2) is 9.37. The number of anilines is 1. The maximum Gasteiger partial charge on any atom is 0.319 e. The lowest BCUT2D eigenvalue weighted by Gasteiger charge is -2.24. The van der Waals surface area contributed by atoms with Crippen molar-refractivity contribution < 1.29 is 9.59 Å². The summed E-state index contributed by atoms with van der Waals surface area (Å²) in [6, 6.07) is 7.41. The van der Waals surface area contributed by atoms with Crippen molar-refractivity contribution in [2.24, 2.45) is 0 Å². The Labute approximate surface area is 143 Å².